The topological polar surface area (TPSA) is 36.2 Å². The molecule has 2 nitrogen and oxygen atoms in total. The second kappa shape index (κ2) is 4.36. The van der Waals surface area contributed by atoms with Crippen molar-refractivity contribution < 1.29 is 0 Å². The molecule has 0 saturated carbocycles. The summed E-state index contributed by atoms with van der Waals surface area (Å²) in [5.74, 6) is 0. The lowest BCUT2D eigenvalue weighted by Crippen LogP contribution is -2.03. The fraction of sp³-hybridized carbons (Fsp3) is 0.0909. The van der Waals surface area contributed by atoms with Gasteiger partial charge in [-0.3, -0.25) is 4.99 Å². The van der Waals surface area contributed by atoms with E-state index in [2.05, 4.69) is 11.6 Å². The molecule has 0 heterocycles. The Kier molecular flexibility index (Phi) is 3.15. The average Bonchev–Trinajstić information content (AvgIpc) is 2.20. The molecular weight excluding hydrogens is 160 g/mol. The van der Waals surface area contributed by atoms with Gasteiger partial charge in [0.2, 0.25) is 0 Å². The van der Waals surface area contributed by atoms with Crippen LogP contribution in [0.2, 0.25) is 0 Å². The van der Waals surface area contributed by atoms with E-state index in [4.69, 9.17) is 5.41 Å². The predicted octanol–water partition coefficient (Wildman–Crippen LogP) is 2.32. The summed E-state index contributed by atoms with van der Waals surface area (Å²) < 4.78 is 0. The Morgan fingerprint density at radius 1 is 1.46 bits per heavy atom. The second-order valence-electron chi connectivity index (χ2n) is 2.54. The summed E-state index contributed by atoms with van der Waals surface area (Å²) in [6.45, 7) is 3.65. The molecule has 66 valence electrons. The van der Waals surface area contributed by atoms with Crippen LogP contribution in [0.1, 0.15) is 0 Å². The van der Waals surface area contributed by atoms with Gasteiger partial charge in [0.15, 0.2) is 0 Å². The van der Waals surface area contributed by atoms with E-state index in [1.54, 1.807) is 13.1 Å². The van der Waals surface area contributed by atoms with Crippen LogP contribution < -0.4 is 0 Å². The molecular formula is C11H12N2. The molecule has 2 heteroatoms. The molecule has 13 heavy (non-hydrogen) atoms. The van der Waals surface area contributed by atoms with E-state index < -0.39 is 0 Å². The molecule has 0 spiro atoms. The number of allylic oxidation sites excluding steroid dienone is 7. The van der Waals surface area contributed by atoms with Crippen molar-refractivity contribution in [2.75, 3.05) is 7.05 Å². The first-order valence-electron chi connectivity index (χ1n) is 4.02. The fourth-order valence-corrected chi connectivity index (χ4v) is 1.16. The van der Waals surface area contributed by atoms with Gasteiger partial charge < -0.3 is 5.41 Å². The highest BCUT2D eigenvalue weighted by Gasteiger charge is 2.05. The third-order valence-electron chi connectivity index (χ3n) is 1.83. The van der Waals surface area contributed by atoms with Crippen LogP contribution in [0.25, 0.3) is 0 Å². The van der Waals surface area contributed by atoms with Crippen molar-refractivity contribution in [2.24, 2.45) is 4.99 Å². The van der Waals surface area contributed by atoms with Crippen molar-refractivity contribution >= 4 is 11.9 Å². The van der Waals surface area contributed by atoms with Crippen LogP contribution in [0, 0.1) is 5.41 Å². The molecule has 0 saturated heterocycles. The van der Waals surface area contributed by atoms with Gasteiger partial charge >= 0.3 is 0 Å². The van der Waals surface area contributed by atoms with Gasteiger partial charge in [-0.25, -0.2) is 0 Å². The molecule has 0 atom stereocenters. The van der Waals surface area contributed by atoms with Crippen LogP contribution in [0.5, 0.6) is 0 Å². The number of aliphatic imine (C=N–C) groups is 1. The smallest absolute Gasteiger partial charge is 0.0649 e. The number of nitrogens with zero attached hydrogens (tertiary/aromatic N) is 1. The maximum absolute atomic E-state index is 7.19. The lowest BCUT2D eigenvalue weighted by Gasteiger charge is -2.07. The van der Waals surface area contributed by atoms with Gasteiger partial charge in [-0.05, 0) is 6.08 Å². The standard InChI is InChI=1S/C11H12N2/c1-3-9(8-12)10-6-4-5-7-11(10)13-2/h3-8,12H,1H2,2H3/b10-9+,12-8?,13-11?. The van der Waals surface area contributed by atoms with E-state index in [9.17, 15) is 0 Å². The van der Waals surface area contributed by atoms with Gasteiger partial charge in [0.1, 0.15) is 0 Å². The lowest BCUT2D eigenvalue weighted by molar-refractivity contribution is 1.42. The highest BCUT2D eigenvalue weighted by atomic mass is 14.7. The van der Waals surface area contributed by atoms with Gasteiger partial charge in [0, 0.05) is 24.4 Å². The van der Waals surface area contributed by atoms with E-state index in [1.165, 1.54) is 6.21 Å². The van der Waals surface area contributed by atoms with Crippen molar-refractivity contribution in [2.45, 2.75) is 0 Å². The molecule has 0 radical (unpaired) electrons. The van der Waals surface area contributed by atoms with Crippen molar-refractivity contribution in [3.63, 3.8) is 0 Å². The average molecular weight is 172 g/mol. The van der Waals surface area contributed by atoms with Crippen molar-refractivity contribution in [1.82, 2.24) is 0 Å². The molecule has 0 unspecified atom stereocenters. The van der Waals surface area contributed by atoms with Gasteiger partial charge in [-0.2, -0.15) is 0 Å². The summed E-state index contributed by atoms with van der Waals surface area (Å²) in [4.78, 5) is 4.12. The van der Waals surface area contributed by atoms with Crippen LogP contribution in [0.4, 0.5) is 0 Å². The Labute approximate surface area is 78.2 Å². The first-order valence-corrected chi connectivity index (χ1v) is 4.02. The van der Waals surface area contributed by atoms with Crippen molar-refractivity contribution in [3.05, 3.63) is 48.1 Å². The van der Waals surface area contributed by atoms with Crippen molar-refractivity contribution in [1.29, 1.82) is 5.41 Å². The van der Waals surface area contributed by atoms with Crippen LogP contribution in [-0.4, -0.2) is 19.0 Å². The van der Waals surface area contributed by atoms with Crippen LogP contribution in [0.15, 0.2) is 53.1 Å². The van der Waals surface area contributed by atoms with Gasteiger partial charge in [0.25, 0.3) is 0 Å². The molecule has 0 aromatic rings. The van der Waals surface area contributed by atoms with E-state index in [0.717, 1.165) is 16.9 Å². The monoisotopic (exact) mass is 172 g/mol. The minimum atomic E-state index is 0.793. The maximum atomic E-state index is 7.19. The number of hydrogen-bond acceptors (Lipinski definition) is 2. The summed E-state index contributed by atoms with van der Waals surface area (Å²) >= 11 is 0. The predicted molar refractivity (Wildman–Crippen MR) is 57.6 cm³/mol. The molecule has 1 rings (SSSR count). The minimum absolute atomic E-state index is 0.793. The largest absolute Gasteiger partial charge is 0.308 e. The Morgan fingerprint density at radius 2 is 2.15 bits per heavy atom. The minimum Gasteiger partial charge on any atom is -0.308 e. The quantitative estimate of drug-likeness (QED) is 0.620. The number of rotatable bonds is 2. The van der Waals surface area contributed by atoms with E-state index in [-0.39, 0.29) is 0 Å². The summed E-state index contributed by atoms with van der Waals surface area (Å²) in [6.07, 6.45) is 10.7. The zero-order valence-corrected chi connectivity index (χ0v) is 7.62. The highest BCUT2D eigenvalue weighted by molar-refractivity contribution is 6.14. The van der Waals surface area contributed by atoms with Gasteiger partial charge in [0.05, 0.1) is 5.71 Å². The van der Waals surface area contributed by atoms with Crippen LogP contribution in [0.3, 0.4) is 0 Å². The fourth-order valence-electron chi connectivity index (χ4n) is 1.16. The molecule has 0 bridgehead atoms. The normalized spacial score (nSPS) is 21.8. The van der Waals surface area contributed by atoms with E-state index >= 15 is 0 Å². The summed E-state index contributed by atoms with van der Waals surface area (Å²) in [5.41, 5.74) is 2.64. The van der Waals surface area contributed by atoms with E-state index in [1.807, 2.05) is 24.3 Å². The van der Waals surface area contributed by atoms with E-state index in [0.29, 0.717) is 0 Å². The first-order chi connectivity index (χ1) is 6.33. The lowest BCUT2D eigenvalue weighted by atomic mass is 10.00. The van der Waals surface area contributed by atoms with Gasteiger partial charge in [-0.1, -0.05) is 30.9 Å². The first kappa shape index (κ1) is 9.39. The Bertz CT molecular complexity index is 331. The van der Waals surface area contributed by atoms with Gasteiger partial charge in [-0.15, -0.1) is 0 Å². The highest BCUT2D eigenvalue weighted by Crippen LogP contribution is 2.13. The SMILES string of the molecule is C=C/C(C=N)=C1/C=CC=CC1=NC. The Hall–Kier alpha value is -1.70. The molecule has 0 amide bonds. The zero-order valence-electron chi connectivity index (χ0n) is 7.62. The summed E-state index contributed by atoms with van der Waals surface area (Å²) in [6, 6.07) is 0. The van der Waals surface area contributed by atoms with Crippen LogP contribution in [-0.2, 0) is 0 Å². The molecule has 1 aliphatic carbocycles. The number of nitrogens with one attached hydrogen (secondary N) is 1. The third-order valence-corrected chi connectivity index (χ3v) is 1.83. The third kappa shape index (κ3) is 1.90. The number of hydrogen-bond donors (Lipinski definition) is 1. The van der Waals surface area contributed by atoms with Crippen molar-refractivity contribution in [3.8, 4) is 0 Å². The Morgan fingerprint density at radius 3 is 2.69 bits per heavy atom. The van der Waals surface area contributed by atoms with Crippen LogP contribution >= 0.6 is 0 Å². The summed E-state index contributed by atoms with van der Waals surface area (Å²) in [7, 11) is 1.74. The molecule has 1 aliphatic rings. The summed E-state index contributed by atoms with van der Waals surface area (Å²) in [5, 5.41) is 7.19. The maximum Gasteiger partial charge on any atom is 0.0649 e. The second-order valence-corrected chi connectivity index (χ2v) is 2.54. The molecule has 0 aliphatic heterocycles. The molecule has 0 aromatic carbocycles. The zero-order chi connectivity index (χ0) is 9.68. The molecule has 1 N–H and O–H groups in total. The molecule has 0 fully saturated rings. The molecule has 0 aromatic heterocycles. The Balaban J connectivity index is 3.23.